The number of likely N-dealkylation sites (N-methyl/N-ethyl adjacent to an activating group) is 1. The normalized spacial score (nSPS) is 15.6. The standard InChI is InChI=1S/C28H36FN5O5.C6H12/c1-4-25(35)32-24(28(38)34-13-11-33(2)12-14-34)16-20-7-10-23(22(29)15-20)31-27(37)18-30-26(36)17-19-5-8-21(39-3)9-6-19;1-2-4-6-5-3-1/h5-10,15,24H,4,11-14,16-18H2,1-3H3,(H,30,36)(H,31,37)(H,32,35);1-6H2. The number of carbonyl (C=O) groups excluding carboxylic acids is 4. The third kappa shape index (κ3) is 12.5. The number of rotatable bonds is 11. The van der Waals surface area contributed by atoms with Gasteiger partial charge < -0.3 is 30.5 Å². The minimum atomic E-state index is -0.818. The van der Waals surface area contributed by atoms with E-state index >= 15 is 0 Å². The van der Waals surface area contributed by atoms with Gasteiger partial charge in [-0.05, 0) is 42.4 Å². The van der Waals surface area contributed by atoms with E-state index in [1.54, 1.807) is 49.3 Å². The SMILES string of the molecule is C1CCCCC1.CCC(=O)NC(Cc1ccc(NC(=O)CNC(=O)Cc2ccc(OC)cc2)c(F)c1)C(=O)N1CCN(C)CC1. The van der Waals surface area contributed by atoms with Crippen molar-refractivity contribution in [3.63, 3.8) is 0 Å². The molecule has 1 saturated carbocycles. The van der Waals surface area contributed by atoms with E-state index < -0.39 is 17.8 Å². The fourth-order valence-corrected chi connectivity index (χ4v) is 5.19. The first-order chi connectivity index (χ1) is 21.7. The highest BCUT2D eigenvalue weighted by Crippen LogP contribution is 2.18. The molecule has 4 amide bonds. The van der Waals surface area contributed by atoms with Crippen LogP contribution >= 0.6 is 0 Å². The van der Waals surface area contributed by atoms with Gasteiger partial charge in [-0.3, -0.25) is 19.2 Å². The van der Waals surface area contributed by atoms with Crippen molar-refractivity contribution in [2.24, 2.45) is 0 Å². The minimum absolute atomic E-state index is 0.0484. The van der Waals surface area contributed by atoms with Crippen LogP contribution in [0.5, 0.6) is 5.75 Å². The summed E-state index contributed by atoms with van der Waals surface area (Å²) in [5.74, 6) is -1.40. The van der Waals surface area contributed by atoms with E-state index in [-0.39, 0.29) is 49.2 Å². The lowest BCUT2D eigenvalue weighted by molar-refractivity contribution is -0.137. The summed E-state index contributed by atoms with van der Waals surface area (Å²) in [5.41, 5.74) is 1.21. The van der Waals surface area contributed by atoms with Crippen molar-refractivity contribution >= 4 is 29.3 Å². The molecule has 0 aromatic heterocycles. The van der Waals surface area contributed by atoms with Crippen molar-refractivity contribution in [2.75, 3.05) is 52.2 Å². The van der Waals surface area contributed by atoms with Crippen LogP contribution in [0.4, 0.5) is 10.1 Å². The maximum Gasteiger partial charge on any atom is 0.245 e. The van der Waals surface area contributed by atoms with E-state index in [4.69, 9.17) is 4.74 Å². The second-order valence-corrected chi connectivity index (χ2v) is 11.6. The molecular weight excluding hydrogens is 577 g/mol. The predicted molar refractivity (Wildman–Crippen MR) is 172 cm³/mol. The summed E-state index contributed by atoms with van der Waals surface area (Å²) in [5, 5.41) is 7.72. The number of hydrogen-bond acceptors (Lipinski definition) is 6. The summed E-state index contributed by atoms with van der Waals surface area (Å²) in [7, 11) is 3.54. The van der Waals surface area contributed by atoms with Crippen molar-refractivity contribution in [1.29, 1.82) is 0 Å². The van der Waals surface area contributed by atoms with Crippen LogP contribution in [0.25, 0.3) is 0 Å². The van der Waals surface area contributed by atoms with Crippen LogP contribution < -0.4 is 20.7 Å². The van der Waals surface area contributed by atoms with Crippen LogP contribution in [0.15, 0.2) is 42.5 Å². The van der Waals surface area contributed by atoms with Gasteiger partial charge in [-0.15, -0.1) is 0 Å². The molecule has 11 heteroatoms. The lowest BCUT2D eigenvalue weighted by Gasteiger charge is -2.34. The van der Waals surface area contributed by atoms with Gasteiger partial charge in [0.2, 0.25) is 23.6 Å². The second kappa shape index (κ2) is 18.7. The first kappa shape index (κ1) is 35.5. The molecule has 0 bridgehead atoms. The van der Waals surface area contributed by atoms with Crippen molar-refractivity contribution in [2.45, 2.75) is 70.8 Å². The summed E-state index contributed by atoms with van der Waals surface area (Å²) in [4.78, 5) is 53.5. The zero-order valence-electron chi connectivity index (χ0n) is 26.8. The highest BCUT2D eigenvalue weighted by Gasteiger charge is 2.28. The number of hydrogen-bond donors (Lipinski definition) is 3. The number of ether oxygens (including phenoxy) is 1. The lowest BCUT2D eigenvalue weighted by Crippen LogP contribution is -2.54. The first-order valence-electron chi connectivity index (χ1n) is 15.9. The number of piperazine rings is 1. The summed E-state index contributed by atoms with van der Waals surface area (Å²) in [6, 6.07) is 10.4. The van der Waals surface area contributed by atoms with Crippen LogP contribution in [0.3, 0.4) is 0 Å². The number of anilines is 1. The molecule has 0 spiro atoms. The maximum absolute atomic E-state index is 14.8. The third-order valence-corrected chi connectivity index (χ3v) is 7.99. The average molecular weight is 626 g/mol. The van der Waals surface area contributed by atoms with Crippen LogP contribution in [0.1, 0.15) is 63.0 Å². The van der Waals surface area contributed by atoms with Gasteiger partial charge in [0.15, 0.2) is 0 Å². The van der Waals surface area contributed by atoms with E-state index in [1.807, 2.05) is 7.05 Å². The number of methoxy groups -OCH3 is 1. The summed E-state index contributed by atoms with van der Waals surface area (Å²) >= 11 is 0. The minimum Gasteiger partial charge on any atom is -0.497 e. The van der Waals surface area contributed by atoms with Gasteiger partial charge in [0.25, 0.3) is 0 Å². The van der Waals surface area contributed by atoms with Crippen LogP contribution in [-0.4, -0.2) is 86.4 Å². The predicted octanol–water partition coefficient (Wildman–Crippen LogP) is 3.68. The molecule has 0 radical (unpaired) electrons. The number of benzene rings is 2. The van der Waals surface area contributed by atoms with Gasteiger partial charge in [0.05, 0.1) is 25.8 Å². The summed E-state index contributed by atoms with van der Waals surface area (Å²) in [6.07, 6.45) is 9.43. The van der Waals surface area contributed by atoms with E-state index in [0.29, 0.717) is 24.4 Å². The molecule has 3 N–H and O–H groups in total. The monoisotopic (exact) mass is 625 g/mol. The van der Waals surface area contributed by atoms with E-state index in [0.717, 1.165) is 18.7 Å². The molecule has 1 atom stereocenters. The molecule has 1 unspecified atom stereocenters. The maximum atomic E-state index is 14.8. The zero-order valence-corrected chi connectivity index (χ0v) is 26.8. The van der Waals surface area contributed by atoms with Crippen molar-refractivity contribution in [3.05, 3.63) is 59.4 Å². The van der Waals surface area contributed by atoms with Gasteiger partial charge in [-0.25, -0.2) is 4.39 Å². The van der Waals surface area contributed by atoms with Gasteiger partial charge in [-0.1, -0.05) is 63.6 Å². The molecular formula is C34H48FN5O5. The van der Waals surface area contributed by atoms with E-state index in [2.05, 4.69) is 20.9 Å². The Morgan fingerprint density at radius 3 is 2.00 bits per heavy atom. The van der Waals surface area contributed by atoms with Crippen molar-refractivity contribution in [1.82, 2.24) is 20.4 Å². The van der Waals surface area contributed by atoms with Crippen molar-refractivity contribution in [3.8, 4) is 5.75 Å². The Morgan fingerprint density at radius 2 is 1.44 bits per heavy atom. The molecule has 1 aliphatic carbocycles. The quantitative estimate of drug-likeness (QED) is 0.351. The molecule has 2 aromatic rings. The number of nitrogens with zero attached hydrogens (tertiary/aromatic N) is 2. The Labute approximate surface area is 266 Å². The van der Waals surface area contributed by atoms with Gasteiger partial charge in [0, 0.05) is 39.0 Å². The largest absolute Gasteiger partial charge is 0.497 e. The smallest absolute Gasteiger partial charge is 0.245 e. The molecule has 10 nitrogen and oxygen atoms in total. The molecule has 2 fully saturated rings. The number of amides is 4. The molecule has 4 rings (SSSR count). The molecule has 246 valence electrons. The molecule has 1 saturated heterocycles. The Bertz CT molecular complexity index is 1250. The Morgan fingerprint density at radius 1 is 0.844 bits per heavy atom. The molecule has 1 heterocycles. The van der Waals surface area contributed by atoms with E-state index in [1.165, 1.54) is 50.7 Å². The van der Waals surface area contributed by atoms with E-state index in [9.17, 15) is 23.6 Å². The fourth-order valence-electron chi connectivity index (χ4n) is 5.19. The Kier molecular flexibility index (Phi) is 14.8. The number of halogens is 1. The average Bonchev–Trinajstić information content (AvgIpc) is 3.06. The Hall–Kier alpha value is -3.99. The van der Waals surface area contributed by atoms with Crippen LogP contribution in [0.2, 0.25) is 0 Å². The topological polar surface area (TPSA) is 120 Å². The fraction of sp³-hybridized carbons (Fsp3) is 0.529. The highest BCUT2D eigenvalue weighted by atomic mass is 19.1. The summed E-state index contributed by atoms with van der Waals surface area (Å²) in [6.45, 7) is 3.98. The lowest BCUT2D eigenvalue weighted by atomic mass is 10.0. The van der Waals surface area contributed by atoms with Crippen LogP contribution in [0, 0.1) is 5.82 Å². The van der Waals surface area contributed by atoms with Gasteiger partial charge >= 0.3 is 0 Å². The van der Waals surface area contributed by atoms with Crippen molar-refractivity contribution < 1.29 is 28.3 Å². The summed E-state index contributed by atoms with van der Waals surface area (Å²) < 4.78 is 19.9. The van der Waals surface area contributed by atoms with Gasteiger partial charge in [-0.2, -0.15) is 0 Å². The first-order valence-corrected chi connectivity index (χ1v) is 15.9. The van der Waals surface area contributed by atoms with Crippen LogP contribution in [-0.2, 0) is 32.0 Å². The second-order valence-electron chi connectivity index (χ2n) is 11.6. The van der Waals surface area contributed by atoms with Gasteiger partial charge in [0.1, 0.15) is 17.6 Å². The molecule has 1 aliphatic heterocycles. The molecule has 45 heavy (non-hydrogen) atoms. The molecule has 2 aliphatic rings. The third-order valence-electron chi connectivity index (χ3n) is 7.99. The number of carbonyl (C=O) groups is 4. The zero-order chi connectivity index (χ0) is 32.6. The molecule has 2 aromatic carbocycles. The number of nitrogens with one attached hydrogen (secondary N) is 3. The highest BCUT2D eigenvalue weighted by molar-refractivity contribution is 5.95. The Balaban J connectivity index is 0.000000821.